The van der Waals surface area contributed by atoms with Gasteiger partial charge in [-0.1, -0.05) is 42.0 Å². The lowest BCUT2D eigenvalue weighted by Crippen LogP contribution is -1.91. The molecule has 2 aromatic rings. The zero-order chi connectivity index (χ0) is 13.7. The molecule has 1 unspecified atom stereocenters. The van der Waals surface area contributed by atoms with Crippen molar-refractivity contribution in [3.63, 3.8) is 0 Å². The summed E-state index contributed by atoms with van der Waals surface area (Å²) in [4.78, 5) is 0. The van der Waals surface area contributed by atoms with Gasteiger partial charge in [0.2, 0.25) is 0 Å². The van der Waals surface area contributed by atoms with Crippen LogP contribution in [0.25, 0.3) is 6.08 Å². The molecular weight excluding hydrogens is 259 g/mol. The maximum Gasteiger partial charge on any atom is 0.123 e. The summed E-state index contributed by atoms with van der Waals surface area (Å²) < 4.78 is 24.6. The number of rotatable bonds is 4. The van der Waals surface area contributed by atoms with E-state index in [0.717, 1.165) is 11.1 Å². The van der Waals surface area contributed by atoms with Crippen LogP contribution >= 0.6 is 0 Å². The van der Waals surface area contributed by atoms with Gasteiger partial charge in [0.25, 0.3) is 0 Å². The molecule has 2 aromatic carbocycles. The second-order valence-corrected chi connectivity index (χ2v) is 5.69. The van der Waals surface area contributed by atoms with Gasteiger partial charge < -0.3 is 0 Å². The summed E-state index contributed by atoms with van der Waals surface area (Å²) in [6.45, 7) is 2.03. The molecule has 98 valence electrons. The van der Waals surface area contributed by atoms with E-state index < -0.39 is 10.8 Å². The van der Waals surface area contributed by atoms with Crippen LogP contribution in [-0.2, 0) is 16.6 Å². The molecule has 0 N–H and O–H groups in total. The first-order valence-electron chi connectivity index (χ1n) is 6.00. The molecular formula is C16H15FOS. The van der Waals surface area contributed by atoms with E-state index in [1.807, 2.05) is 37.3 Å². The van der Waals surface area contributed by atoms with Crippen molar-refractivity contribution < 1.29 is 8.60 Å². The molecule has 0 bridgehead atoms. The van der Waals surface area contributed by atoms with Gasteiger partial charge in [-0.25, -0.2) is 4.39 Å². The number of hydrogen-bond acceptors (Lipinski definition) is 1. The fourth-order valence-electron chi connectivity index (χ4n) is 1.63. The van der Waals surface area contributed by atoms with E-state index in [0.29, 0.717) is 5.75 Å². The van der Waals surface area contributed by atoms with Crippen LogP contribution in [0.1, 0.15) is 16.7 Å². The maximum absolute atomic E-state index is 12.7. The summed E-state index contributed by atoms with van der Waals surface area (Å²) in [5.41, 5.74) is 3.09. The standard InChI is InChI=1S/C16H15FOS/c1-13-2-4-14(5-3-13)10-11-19(18)12-15-6-8-16(17)9-7-15/h2-11H,12H2,1H3. The molecule has 1 atom stereocenters. The molecule has 2 rings (SSSR count). The van der Waals surface area contributed by atoms with Crippen molar-refractivity contribution in [1.29, 1.82) is 0 Å². The van der Waals surface area contributed by atoms with E-state index in [1.54, 1.807) is 17.5 Å². The zero-order valence-electron chi connectivity index (χ0n) is 10.7. The normalized spacial score (nSPS) is 12.7. The highest BCUT2D eigenvalue weighted by Gasteiger charge is 1.98. The molecule has 0 aliphatic heterocycles. The molecule has 0 saturated carbocycles. The van der Waals surface area contributed by atoms with Crippen LogP contribution in [-0.4, -0.2) is 4.21 Å². The van der Waals surface area contributed by atoms with Gasteiger partial charge in [0.05, 0.1) is 16.6 Å². The van der Waals surface area contributed by atoms with Crippen LogP contribution in [0.15, 0.2) is 53.9 Å². The van der Waals surface area contributed by atoms with Gasteiger partial charge in [0.1, 0.15) is 5.82 Å². The van der Waals surface area contributed by atoms with Crippen LogP contribution in [0.2, 0.25) is 0 Å². The third-order valence-electron chi connectivity index (χ3n) is 2.71. The Morgan fingerprint density at radius 3 is 2.32 bits per heavy atom. The number of benzene rings is 2. The molecule has 0 aliphatic rings. The fourth-order valence-corrected chi connectivity index (χ4v) is 2.55. The number of hydrogen-bond donors (Lipinski definition) is 0. The Morgan fingerprint density at radius 1 is 1.05 bits per heavy atom. The van der Waals surface area contributed by atoms with Crippen LogP contribution < -0.4 is 0 Å². The quantitative estimate of drug-likeness (QED) is 0.822. The molecule has 0 aliphatic carbocycles. The Labute approximate surface area is 115 Å². The lowest BCUT2D eigenvalue weighted by atomic mass is 10.2. The molecule has 0 fully saturated rings. The predicted octanol–water partition coefficient (Wildman–Crippen LogP) is 4.05. The van der Waals surface area contributed by atoms with E-state index >= 15 is 0 Å². The topological polar surface area (TPSA) is 17.1 Å². The molecule has 1 nitrogen and oxygen atoms in total. The second-order valence-electron chi connectivity index (χ2n) is 4.36. The maximum atomic E-state index is 12.7. The Bertz CT molecular complexity index is 585. The average molecular weight is 274 g/mol. The van der Waals surface area contributed by atoms with Crippen molar-refractivity contribution in [3.8, 4) is 0 Å². The van der Waals surface area contributed by atoms with Gasteiger partial charge in [-0.3, -0.25) is 4.21 Å². The van der Waals surface area contributed by atoms with Crippen LogP contribution in [0.3, 0.4) is 0 Å². The minimum atomic E-state index is -1.09. The van der Waals surface area contributed by atoms with E-state index in [1.165, 1.54) is 17.7 Å². The summed E-state index contributed by atoms with van der Waals surface area (Å²) in [5, 5.41) is 1.67. The van der Waals surface area contributed by atoms with Crippen LogP contribution in [0.5, 0.6) is 0 Å². The minimum absolute atomic E-state index is 0.273. The van der Waals surface area contributed by atoms with Gasteiger partial charge in [-0.05, 0) is 36.3 Å². The third-order valence-corrected chi connectivity index (χ3v) is 3.77. The molecule has 0 saturated heterocycles. The summed E-state index contributed by atoms with van der Waals surface area (Å²) >= 11 is 0. The van der Waals surface area contributed by atoms with E-state index in [2.05, 4.69) is 0 Å². The van der Waals surface area contributed by atoms with Crippen molar-refractivity contribution >= 4 is 16.9 Å². The molecule has 0 aromatic heterocycles. The van der Waals surface area contributed by atoms with E-state index in [-0.39, 0.29) is 5.82 Å². The van der Waals surface area contributed by atoms with Crippen molar-refractivity contribution in [2.45, 2.75) is 12.7 Å². The first-order valence-corrected chi connectivity index (χ1v) is 7.38. The zero-order valence-corrected chi connectivity index (χ0v) is 11.5. The Morgan fingerprint density at radius 2 is 1.68 bits per heavy atom. The number of aryl methyl sites for hydroxylation is 1. The van der Waals surface area contributed by atoms with Crippen molar-refractivity contribution in [3.05, 3.63) is 76.4 Å². The smallest absolute Gasteiger partial charge is 0.123 e. The lowest BCUT2D eigenvalue weighted by molar-refractivity contribution is 0.627. The lowest BCUT2D eigenvalue weighted by Gasteiger charge is -1.98. The van der Waals surface area contributed by atoms with E-state index in [4.69, 9.17) is 0 Å². The SMILES string of the molecule is Cc1ccc(C=CS(=O)Cc2ccc(F)cc2)cc1. The fraction of sp³-hybridized carbons (Fsp3) is 0.125. The Hall–Kier alpha value is -1.74. The predicted molar refractivity (Wildman–Crippen MR) is 78.5 cm³/mol. The first-order chi connectivity index (χ1) is 9.13. The molecule has 19 heavy (non-hydrogen) atoms. The van der Waals surface area contributed by atoms with Crippen molar-refractivity contribution in [1.82, 2.24) is 0 Å². The summed E-state index contributed by atoms with van der Waals surface area (Å²) in [7, 11) is -1.09. The Kier molecular flexibility index (Phi) is 4.63. The van der Waals surface area contributed by atoms with Gasteiger partial charge in [-0.2, -0.15) is 0 Å². The van der Waals surface area contributed by atoms with Gasteiger partial charge in [-0.15, -0.1) is 0 Å². The molecule has 0 radical (unpaired) electrons. The Balaban J connectivity index is 1.97. The summed E-state index contributed by atoms with van der Waals surface area (Å²) in [6.07, 6.45) is 1.85. The van der Waals surface area contributed by atoms with Crippen LogP contribution in [0.4, 0.5) is 4.39 Å². The highest BCUT2D eigenvalue weighted by molar-refractivity contribution is 7.87. The monoisotopic (exact) mass is 274 g/mol. The molecule has 0 amide bonds. The second kappa shape index (κ2) is 6.43. The summed E-state index contributed by atoms with van der Waals surface area (Å²) in [5.74, 6) is 0.132. The molecule has 0 spiro atoms. The average Bonchev–Trinajstić information content (AvgIpc) is 2.41. The van der Waals surface area contributed by atoms with Crippen LogP contribution in [0, 0.1) is 12.7 Å². The van der Waals surface area contributed by atoms with Gasteiger partial charge in [0, 0.05) is 5.41 Å². The molecule has 0 heterocycles. The van der Waals surface area contributed by atoms with Gasteiger partial charge >= 0.3 is 0 Å². The third kappa shape index (κ3) is 4.45. The summed E-state index contributed by atoms with van der Waals surface area (Å²) in [6, 6.07) is 14.1. The van der Waals surface area contributed by atoms with Crippen molar-refractivity contribution in [2.24, 2.45) is 0 Å². The first kappa shape index (κ1) is 13.7. The minimum Gasteiger partial charge on any atom is -0.255 e. The molecule has 3 heteroatoms. The highest BCUT2D eigenvalue weighted by atomic mass is 32.2. The highest BCUT2D eigenvalue weighted by Crippen LogP contribution is 2.09. The number of halogens is 1. The largest absolute Gasteiger partial charge is 0.255 e. The van der Waals surface area contributed by atoms with Gasteiger partial charge in [0.15, 0.2) is 0 Å². The van der Waals surface area contributed by atoms with E-state index in [9.17, 15) is 8.60 Å². The van der Waals surface area contributed by atoms with Crippen molar-refractivity contribution in [2.75, 3.05) is 0 Å².